The van der Waals surface area contributed by atoms with E-state index in [4.69, 9.17) is 0 Å². The molecular weight excluding hydrogens is 214 g/mol. The van der Waals surface area contributed by atoms with Gasteiger partial charge >= 0.3 is 0 Å². The van der Waals surface area contributed by atoms with Crippen molar-refractivity contribution in [2.45, 2.75) is 31.2 Å². The number of nitrogens with one attached hydrogen (secondary N) is 1. The maximum Gasteiger partial charge on any atom is 0.259 e. The van der Waals surface area contributed by atoms with Crippen LogP contribution < -0.4 is 0 Å². The average molecular weight is 231 g/mol. The van der Waals surface area contributed by atoms with Gasteiger partial charge in [0.05, 0.1) is 12.5 Å². The number of aromatic amines is 1. The monoisotopic (exact) mass is 231 g/mol. The van der Waals surface area contributed by atoms with Gasteiger partial charge in [0.2, 0.25) is 0 Å². The van der Waals surface area contributed by atoms with E-state index >= 15 is 0 Å². The van der Waals surface area contributed by atoms with Crippen LogP contribution in [0, 0.1) is 0 Å². The number of hydrogen-bond acceptors (Lipinski definition) is 3. The molecule has 5 nitrogen and oxygen atoms in total. The summed E-state index contributed by atoms with van der Waals surface area (Å²) in [5.74, 6) is 0. The summed E-state index contributed by atoms with van der Waals surface area (Å²) < 4.78 is 25.0. The fourth-order valence-corrected chi connectivity index (χ4v) is 2.36. The van der Waals surface area contributed by atoms with E-state index in [0.29, 0.717) is 6.54 Å². The van der Waals surface area contributed by atoms with Crippen molar-refractivity contribution in [1.29, 1.82) is 0 Å². The fraction of sp³-hybridized carbons (Fsp3) is 0.667. The second-order valence-electron chi connectivity index (χ2n) is 3.45. The van der Waals surface area contributed by atoms with Gasteiger partial charge in [0, 0.05) is 13.6 Å². The van der Waals surface area contributed by atoms with Gasteiger partial charge in [-0.2, -0.15) is 4.31 Å². The Bertz CT molecular complexity index is 372. The van der Waals surface area contributed by atoms with Crippen LogP contribution >= 0.6 is 0 Å². The van der Waals surface area contributed by atoms with Gasteiger partial charge in [-0.15, -0.1) is 0 Å². The van der Waals surface area contributed by atoms with Crippen molar-refractivity contribution in [3.05, 3.63) is 12.5 Å². The van der Waals surface area contributed by atoms with E-state index in [2.05, 4.69) is 16.9 Å². The topological polar surface area (TPSA) is 66.1 Å². The number of imidazole rings is 1. The predicted octanol–water partition coefficient (Wildman–Crippen LogP) is 1.22. The first-order chi connectivity index (χ1) is 7.09. The molecule has 0 saturated carbocycles. The summed E-state index contributed by atoms with van der Waals surface area (Å²) in [6.45, 7) is 2.64. The van der Waals surface area contributed by atoms with E-state index in [9.17, 15) is 8.42 Å². The molecule has 0 amide bonds. The Labute approximate surface area is 90.6 Å². The van der Waals surface area contributed by atoms with Crippen LogP contribution in [0.3, 0.4) is 0 Å². The van der Waals surface area contributed by atoms with Gasteiger partial charge in [0.1, 0.15) is 0 Å². The molecule has 0 spiro atoms. The number of rotatable bonds is 6. The molecular formula is C9H17N3O2S. The van der Waals surface area contributed by atoms with Gasteiger partial charge in [-0.1, -0.05) is 19.8 Å². The van der Waals surface area contributed by atoms with Crippen LogP contribution in [0.2, 0.25) is 0 Å². The summed E-state index contributed by atoms with van der Waals surface area (Å²) in [6, 6.07) is 0. The zero-order valence-corrected chi connectivity index (χ0v) is 9.92. The van der Waals surface area contributed by atoms with E-state index in [-0.39, 0.29) is 5.03 Å². The lowest BCUT2D eigenvalue weighted by Gasteiger charge is -2.15. The summed E-state index contributed by atoms with van der Waals surface area (Å²) >= 11 is 0. The SMILES string of the molecule is CCCCCN(C)S(=O)(=O)c1cnc[nH]1. The lowest BCUT2D eigenvalue weighted by Crippen LogP contribution is -2.28. The molecule has 86 valence electrons. The van der Waals surface area contributed by atoms with E-state index in [1.807, 2.05) is 0 Å². The highest BCUT2D eigenvalue weighted by Gasteiger charge is 2.21. The Balaban J connectivity index is 2.62. The highest BCUT2D eigenvalue weighted by Crippen LogP contribution is 2.10. The Morgan fingerprint density at radius 1 is 1.47 bits per heavy atom. The van der Waals surface area contributed by atoms with E-state index in [0.717, 1.165) is 19.3 Å². The Kier molecular flexibility index (Phi) is 4.28. The third-order valence-electron chi connectivity index (χ3n) is 2.24. The quantitative estimate of drug-likeness (QED) is 0.749. The molecule has 0 saturated heterocycles. The summed E-state index contributed by atoms with van der Waals surface area (Å²) in [4.78, 5) is 6.31. The van der Waals surface area contributed by atoms with E-state index < -0.39 is 10.0 Å². The highest BCUT2D eigenvalue weighted by molar-refractivity contribution is 7.89. The van der Waals surface area contributed by atoms with E-state index in [1.54, 1.807) is 7.05 Å². The highest BCUT2D eigenvalue weighted by atomic mass is 32.2. The maximum atomic E-state index is 11.8. The lowest BCUT2D eigenvalue weighted by molar-refractivity contribution is 0.452. The summed E-state index contributed by atoms with van der Waals surface area (Å²) in [7, 11) is -1.77. The van der Waals surface area contributed by atoms with Gasteiger partial charge in [-0.05, 0) is 6.42 Å². The normalized spacial score (nSPS) is 12.2. The molecule has 0 aliphatic carbocycles. The number of aromatic nitrogens is 2. The van der Waals surface area contributed by atoms with Gasteiger partial charge in [0.25, 0.3) is 10.0 Å². The fourth-order valence-electron chi connectivity index (χ4n) is 1.26. The molecule has 15 heavy (non-hydrogen) atoms. The van der Waals surface area contributed by atoms with Crippen LogP contribution in [-0.2, 0) is 10.0 Å². The number of hydrogen-bond donors (Lipinski definition) is 1. The minimum Gasteiger partial charge on any atom is -0.335 e. The Hall–Kier alpha value is -0.880. The lowest BCUT2D eigenvalue weighted by atomic mass is 10.2. The second kappa shape index (κ2) is 5.27. The minimum absolute atomic E-state index is 0.154. The van der Waals surface area contributed by atoms with Crippen molar-refractivity contribution in [2.24, 2.45) is 0 Å². The molecule has 0 unspecified atom stereocenters. The number of unbranched alkanes of at least 4 members (excludes halogenated alkanes) is 2. The van der Waals surface area contributed by atoms with Gasteiger partial charge in [-0.25, -0.2) is 13.4 Å². The smallest absolute Gasteiger partial charge is 0.259 e. The van der Waals surface area contributed by atoms with Crippen molar-refractivity contribution >= 4 is 10.0 Å². The van der Waals surface area contributed by atoms with Crippen molar-refractivity contribution in [3.8, 4) is 0 Å². The van der Waals surface area contributed by atoms with Crippen LogP contribution in [0.15, 0.2) is 17.6 Å². The molecule has 0 bridgehead atoms. The predicted molar refractivity (Wildman–Crippen MR) is 57.9 cm³/mol. The maximum absolute atomic E-state index is 11.8. The molecule has 1 N–H and O–H groups in total. The standard InChI is InChI=1S/C9H17N3O2S/c1-3-4-5-6-12(2)15(13,14)9-7-10-8-11-9/h7-8H,3-6H2,1-2H3,(H,10,11). The van der Waals surface area contributed by atoms with Gasteiger partial charge < -0.3 is 4.98 Å². The van der Waals surface area contributed by atoms with Gasteiger partial charge in [0.15, 0.2) is 5.03 Å². The number of sulfonamides is 1. The first kappa shape index (κ1) is 12.2. The molecule has 0 aliphatic heterocycles. The van der Waals surface area contributed by atoms with Crippen LogP contribution in [-0.4, -0.2) is 36.3 Å². The first-order valence-corrected chi connectivity index (χ1v) is 6.47. The molecule has 1 heterocycles. The molecule has 0 fully saturated rings. The zero-order chi connectivity index (χ0) is 11.3. The first-order valence-electron chi connectivity index (χ1n) is 5.03. The van der Waals surface area contributed by atoms with E-state index in [1.165, 1.54) is 16.8 Å². The molecule has 0 atom stereocenters. The third kappa shape index (κ3) is 3.04. The molecule has 6 heteroatoms. The molecule has 1 rings (SSSR count). The molecule has 0 aromatic carbocycles. The van der Waals surface area contributed by atoms with Gasteiger partial charge in [-0.3, -0.25) is 0 Å². The largest absolute Gasteiger partial charge is 0.335 e. The minimum atomic E-state index is -3.36. The Morgan fingerprint density at radius 3 is 2.73 bits per heavy atom. The zero-order valence-electron chi connectivity index (χ0n) is 9.10. The summed E-state index contributed by atoms with van der Waals surface area (Å²) in [6.07, 6.45) is 5.71. The van der Waals surface area contributed by atoms with Crippen molar-refractivity contribution in [2.75, 3.05) is 13.6 Å². The summed E-state index contributed by atoms with van der Waals surface area (Å²) in [5, 5.41) is 0.154. The second-order valence-corrected chi connectivity index (χ2v) is 5.46. The van der Waals surface area contributed by atoms with Crippen LogP contribution in [0.4, 0.5) is 0 Å². The van der Waals surface area contributed by atoms with Crippen LogP contribution in [0.1, 0.15) is 26.2 Å². The Morgan fingerprint density at radius 2 is 2.20 bits per heavy atom. The molecule has 1 aromatic heterocycles. The van der Waals surface area contributed by atoms with Crippen molar-refractivity contribution < 1.29 is 8.42 Å². The third-order valence-corrected chi connectivity index (χ3v) is 4.02. The van der Waals surface area contributed by atoms with Crippen LogP contribution in [0.5, 0.6) is 0 Å². The summed E-state index contributed by atoms with van der Waals surface area (Å²) in [5.41, 5.74) is 0. The average Bonchev–Trinajstić information content (AvgIpc) is 2.71. The molecule has 1 aromatic rings. The van der Waals surface area contributed by atoms with Crippen molar-refractivity contribution in [1.82, 2.24) is 14.3 Å². The van der Waals surface area contributed by atoms with Crippen LogP contribution in [0.25, 0.3) is 0 Å². The number of H-pyrrole nitrogens is 1. The number of nitrogens with zero attached hydrogens (tertiary/aromatic N) is 2. The molecule has 0 radical (unpaired) electrons. The van der Waals surface area contributed by atoms with Crippen molar-refractivity contribution in [3.63, 3.8) is 0 Å². The molecule has 0 aliphatic rings.